The van der Waals surface area contributed by atoms with E-state index in [2.05, 4.69) is 27.7 Å². The molecular formula is C45H74O16. The lowest BCUT2D eigenvalue weighted by molar-refractivity contribution is -0.381. The summed E-state index contributed by atoms with van der Waals surface area (Å²) in [7, 11) is 0. The fraction of sp³-hybridized carbons (Fsp3) is 1.00. The number of hydrogen-bond acceptors (Lipinski definition) is 16. The number of fused-ring (bicyclic) bond motifs is 7. The lowest BCUT2D eigenvalue weighted by Gasteiger charge is -2.61. The fourth-order valence-corrected chi connectivity index (χ4v) is 14.6. The lowest BCUT2D eigenvalue weighted by Crippen LogP contribution is -2.65. The highest BCUT2D eigenvalue weighted by molar-refractivity contribution is 5.15. The number of hydrogen-bond donors (Lipinski definition) is 8. The Morgan fingerprint density at radius 2 is 1.36 bits per heavy atom. The summed E-state index contributed by atoms with van der Waals surface area (Å²) >= 11 is 0. The van der Waals surface area contributed by atoms with Crippen LogP contribution in [0.25, 0.3) is 0 Å². The minimum absolute atomic E-state index is 0.0461. The van der Waals surface area contributed by atoms with Gasteiger partial charge in [-0.3, -0.25) is 0 Å². The summed E-state index contributed by atoms with van der Waals surface area (Å²) in [5.41, 5.74) is 0.496. The molecule has 9 rings (SSSR count). The molecule has 5 saturated heterocycles. The largest absolute Gasteiger partial charge is 0.394 e. The molecule has 9 fully saturated rings. The van der Waals surface area contributed by atoms with Crippen molar-refractivity contribution in [1.29, 1.82) is 0 Å². The molecule has 12 unspecified atom stereocenters. The highest BCUT2D eigenvalue weighted by Gasteiger charge is 2.69. The summed E-state index contributed by atoms with van der Waals surface area (Å²) in [6.45, 7) is 10.9. The van der Waals surface area contributed by atoms with Gasteiger partial charge >= 0.3 is 0 Å². The Morgan fingerprint density at radius 1 is 0.623 bits per heavy atom. The van der Waals surface area contributed by atoms with Crippen LogP contribution in [0.4, 0.5) is 0 Å². The van der Waals surface area contributed by atoms with E-state index in [4.69, 9.17) is 37.9 Å². The zero-order valence-electron chi connectivity index (χ0n) is 36.5. The lowest BCUT2D eigenvalue weighted by atomic mass is 9.44. The quantitative estimate of drug-likeness (QED) is 0.161. The van der Waals surface area contributed by atoms with Gasteiger partial charge in [-0.1, -0.05) is 27.7 Å². The first-order valence-corrected chi connectivity index (χ1v) is 23.6. The van der Waals surface area contributed by atoms with E-state index >= 15 is 0 Å². The molecule has 0 radical (unpaired) electrons. The van der Waals surface area contributed by atoms with Crippen molar-refractivity contribution in [1.82, 2.24) is 0 Å². The molecule has 0 amide bonds. The van der Waals surface area contributed by atoms with E-state index in [9.17, 15) is 40.9 Å². The molecule has 8 N–H and O–H groups in total. The molecule has 1 spiro atoms. The Kier molecular flexibility index (Phi) is 12.8. The van der Waals surface area contributed by atoms with Crippen LogP contribution >= 0.6 is 0 Å². The van der Waals surface area contributed by atoms with Crippen molar-refractivity contribution in [2.24, 2.45) is 52.3 Å². The van der Waals surface area contributed by atoms with Gasteiger partial charge in [0.25, 0.3) is 0 Å². The van der Waals surface area contributed by atoms with E-state index in [1.165, 1.54) is 32.6 Å². The van der Waals surface area contributed by atoms with E-state index in [1.807, 2.05) is 0 Å². The van der Waals surface area contributed by atoms with Gasteiger partial charge in [-0.2, -0.15) is 0 Å². The molecule has 350 valence electrons. The fourth-order valence-electron chi connectivity index (χ4n) is 14.6. The molecule has 4 saturated carbocycles. The first-order valence-electron chi connectivity index (χ1n) is 23.6. The van der Waals surface area contributed by atoms with Gasteiger partial charge in [-0.15, -0.1) is 0 Å². The van der Waals surface area contributed by atoms with Crippen LogP contribution in [0.1, 0.15) is 105 Å². The molecular weight excluding hydrogens is 796 g/mol. The number of rotatable bonds is 8. The van der Waals surface area contributed by atoms with Gasteiger partial charge in [0.05, 0.1) is 44.2 Å². The summed E-state index contributed by atoms with van der Waals surface area (Å²) in [6, 6.07) is 0. The minimum atomic E-state index is -1.79. The molecule has 16 nitrogen and oxygen atoms in total. The van der Waals surface area contributed by atoms with Gasteiger partial charge < -0.3 is 78.7 Å². The van der Waals surface area contributed by atoms with Gasteiger partial charge in [0.2, 0.25) is 0 Å². The van der Waals surface area contributed by atoms with Crippen LogP contribution in [-0.4, -0.2) is 165 Å². The van der Waals surface area contributed by atoms with E-state index < -0.39 is 105 Å². The van der Waals surface area contributed by atoms with Crippen molar-refractivity contribution in [2.45, 2.75) is 209 Å². The molecule has 61 heavy (non-hydrogen) atoms. The van der Waals surface area contributed by atoms with Crippen molar-refractivity contribution >= 4 is 0 Å². The molecule has 4 aliphatic carbocycles. The van der Waals surface area contributed by atoms with Crippen LogP contribution in [0.2, 0.25) is 0 Å². The SMILES string of the molecule is CC1CCC2(OC1)OC1CC3C4CCC5CC(O[C@H]6C[C@@H](O)[C@H](O[C@@H]7O[C@@H](C)[C@@H](O)[C@@H](O)[C@H]7O[C@@H]7O[C@H](CO)[C@@H](O)[C@H](O)[C@H]7O)[C@@H](CO)O6)CCC5(C)C4CCC3(C)C1C2C. The maximum Gasteiger partial charge on any atom is 0.187 e. The molecule has 5 aliphatic heterocycles. The third-order valence-corrected chi connectivity index (χ3v) is 18.1. The van der Waals surface area contributed by atoms with E-state index in [0.717, 1.165) is 45.1 Å². The number of ether oxygens (including phenoxy) is 8. The van der Waals surface area contributed by atoms with Crippen LogP contribution in [0.3, 0.4) is 0 Å². The van der Waals surface area contributed by atoms with Gasteiger partial charge in [-0.25, -0.2) is 0 Å². The van der Waals surface area contributed by atoms with Gasteiger partial charge in [0, 0.05) is 18.8 Å². The van der Waals surface area contributed by atoms with Gasteiger partial charge in [-0.05, 0) is 111 Å². The maximum absolute atomic E-state index is 11.5. The molecule has 0 bridgehead atoms. The molecule has 9 aliphatic rings. The van der Waals surface area contributed by atoms with Gasteiger partial charge in [0.1, 0.15) is 54.9 Å². The summed E-state index contributed by atoms with van der Waals surface area (Å²) in [5, 5.41) is 84.5. The normalized spacial score (nSPS) is 58.5. The van der Waals surface area contributed by atoms with Crippen molar-refractivity contribution in [3.05, 3.63) is 0 Å². The van der Waals surface area contributed by atoms with Gasteiger partial charge in [0.15, 0.2) is 24.7 Å². The molecule has 5 heterocycles. The second kappa shape index (κ2) is 17.2. The van der Waals surface area contributed by atoms with Crippen LogP contribution in [-0.2, 0) is 37.9 Å². The summed E-state index contributed by atoms with van der Waals surface area (Å²) in [6.07, 6.45) is -8.02. The van der Waals surface area contributed by atoms with Crippen LogP contribution in [0.5, 0.6) is 0 Å². The Balaban J connectivity index is 0.813. The zero-order valence-corrected chi connectivity index (χ0v) is 36.5. The van der Waals surface area contributed by atoms with Crippen LogP contribution in [0.15, 0.2) is 0 Å². The monoisotopic (exact) mass is 870 g/mol. The van der Waals surface area contributed by atoms with Crippen molar-refractivity contribution in [2.75, 3.05) is 19.8 Å². The maximum atomic E-state index is 11.5. The summed E-state index contributed by atoms with van der Waals surface area (Å²) in [5.74, 6) is 3.70. The first-order chi connectivity index (χ1) is 29.0. The van der Waals surface area contributed by atoms with E-state index in [-0.39, 0.29) is 29.5 Å². The Labute approximate surface area is 359 Å². The highest BCUT2D eigenvalue weighted by atomic mass is 16.8. The smallest absolute Gasteiger partial charge is 0.187 e. The second-order valence-electron chi connectivity index (χ2n) is 21.4. The second-order valence-corrected chi connectivity index (χ2v) is 21.4. The van der Waals surface area contributed by atoms with Crippen molar-refractivity contribution < 1.29 is 78.7 Å². The summed E-state index contributed by atoms with van der Waals surface area (Å²) < 4.78 is 49.8. The predicted octanol–water partition coefficient (Wildman–Crippen LogP) is 1.32. The third kappa shape index (κ3) is 7.69. The molecule has 0 aromatic carbocycles. The van der Waals surface area contributed by atoms with E-state index in [1.54, 1.807) is 0 Å². The number of aliphatic hydroxyl groups is 8. The van der Waals surface area contributed by atoms with E-state index in [0.29, 0.717) is 41.4 Å². The zero-order chi connectivity index (χ0) is 43.3. The topological polar surface area (TPSA) is 236 Å². The summed E-state index contributed by atoms with van der Waals surface area (Å²) in [4.78, 5) is 0. The highest BCUT2D eigenvalue weighted by Crippen LogP contribution is 2.71. The molecule has 26 atom stereocenters. The molecule has 16 heteroatoms. The average molecular weight is 871 g/mol. The molecule has 0 aromatic rings. The van der Waals surface area contributed by atoms with Crippen LogP contribution in [0, 0.1) is 52.3 Å². The van der Waals surface area contributed by atoms with Crippen molar-refractivity contribution in [3.63, 3.8) is 0 Å². The molecule has 0 aromatic heterocycles. The standard InChI is InChI=1S/C45H74O16/c1-20-8-13-45(54-19-20)21(2)33-29(61-45)15-27-25-7-6-23-14-24(9-11-43(23,4)26(25)10-12-44(27,33)5)56-32-16-28(48)39(31(18-47)57-32)59-42-40(37(52)34(49)22(3)55-42)60-41-38(53)36(51)35(50)30(17-46)58-41/h20-42,46-53H,6-19H2,1-5H3/t20?,21?,22-,23?,24?,25?,26?,27?,28+,29?,30+,31+,32+,33?,34+,35+,36-,37+,38+,39-,40+,41-,42-,43?,44?,45?/m0/s1. The first kappa shape index (κ1) is 45.5. The predicted molar refractivity (Wildman–Crippen MR) is 213 cm³/mol. The third-order valence-electron chi connectivity index (χ3n) is 18.1. The number of aliphatic hydroxyl groups excluding tert-OH is 8. The Morgan fingerprint density at radius 3 is 2.08 bits per heavy atom. The Hall–Kier alpha value is -0.640. The minimum Gasteiger partial charge on any atom is -0.394 e. The Bertz CT molecular complexity index is 1510. The van der Waals surface area contributed by atoms with Crippen LogP contribution < -0.4 is 0 Å². The van der Waals surface area contributed by atoms with Crippen molar-refractivity contribution in [3.8, 4) is 0 Å². The average Bonchev–Trinajstić information content (AvgIpc) is 3.69.